The van der Waals surface area contributed by atoms with E-state index in [1.807, 2.05) is 11.7 Å². The molecule has 1 fully saturated rings. The Bertz CT molecular complexity index is 350. The van der Waals surface area contributed by atoms with Gasteiger partial charge in [0.15, 0.2) is 0 Å². The first-order valence-corrected chi connectivity index (χ1v) is 7.19. The maximum atomic E-state index is 5.75. The summed E-state index contributed by atoms with van der Waals surface area (Å²) in [4.78, 5) is 5.44. The summed E-state index contributed by atoms with van der Waals surface area (Å²) in [5, 5.41) is 3.69. The average Bonchev–Trinajstić information content (AvgIpc) is 2.81. The van der Waals surface area contributed by atoms with Crippen molar-refractivity contribution < 1.29 is 4.74 Å². The molecule has 3 unspecified atom stereocenters. The van der Waals surface area contributed by atoms with Crippen LogP contribution in [-0.4, -0.2) is 23.7 Å². The number of thiazole rings is 1. The highest BCUT2D eigenvalue weighted by molar-refractivity contribution is 7.09. The zero-order valence-corrected chi connectivity index (χ0v) is 11.9. The second kappa shape index (κ2) is 5.04. The van der Waals surface area contributed by atoms with E-state index in [0.717, 1.165) is 13.0 Å². The van der Waals surface area contributed by atoms with Crippen molar-refractivity contribution in [3.8, 4) is 0 Å². The fourth-order valence-corrected chi connectivity index (χ4v) is 3.11. The van der Waals surface area contributed by atoms with E-state index >= 15 is 0 Å². The molecule has 1 aliphatic rings. The third kappa shape index (κ3) is 2.54. The van der Waals surface area contributed by atoms with E-state index in [9.17, 15) is 0 Å². The fraction of sp³-hybridized carbons (Fsp3) is 0.769. The van der Waals surface area contributed by atoms with Crippen LogP contribution < -0.4 is 5.32 Å². The molecule has 0 spiro atoms. The second-order valence-electron chi connectivity index (χ2n) is 5.35. The number of aromatic nitrogens is 1. The molecule has 17 heavy (non-hydrogen) atoms. The van der Waals surface area contributed by atoms with E-state index in [4.69, 9.17) is 4.74 Å². The summed E-state index contributed by atoms with van der Waals surface area (Å²) in [5.74, 6) is 0. The van der Waals surface area contributed by atoms with Gasteiger partial charge in [-0.1, -0.05) is 13.8 Å². The Morgan fingerprint density at radius 3 is 2.94 bits per heavy atom. The molecule has 4 heteroatoms. The van der Waals surface area contributed by atoms with Gasteiger partial charge in [-0.15, -0.1) is 11.3 Å². The molecule has 3 atom stereocenters. The molecule has 0 amide bonds. The van der Waals surface area contributed by atoms with Crippen LogP contribution in [0.1, 0.15) is 45.0 Å². The molecule has 3 nitrogen and oxygen atoms in total. The van der Waals surface area contributed by atoms with Crippen molar-refractivity contribution >= 4 is 11.3 Å². The number of hydrogen-bond acceptors (Lipinski definition) is 4. The van der Waals surface area contributed by atoms with Crippen molar-refractivity contribution in [1.29, 1.82) is 0 Å². The standard InChI is InChI=1S/C13H22N2OS/c1-5-16-12-6-11(13(12,3)4)15-9(2)10-7-14-8-17-10/h7-9,11-12,15H,5-6H2,1-4H3. The summed E-state index contributed by atoms with van der Waals surface area (Å²) >= 11 is 1.71. The summed E-state index contributed by atoms with van der Waals surface area (Å²) in [6.45, 7) is 9.65. The zero-order chi connectivity index (χ0) is 12.5. The number of nitrogens with zero attached hydrogens (tertiary/aromatic N) is 1. The molecule has 0 radical (unpaired) electrons. The van der Waals surface area contributed by atoms with Crippen LogP contribution in [0, 0.1) is 5.41 Å². The largest absolute Gasteiger partial charge is 0.378 e. The van der Waals surface area contributed by atoms with Gasteiger partial charge in [0.25, 0.3) is 0 Å². The van der Waals surface area contributed by atoms with Crippen LogP contribution in [0.5, 0.6) is 0 Å². The van der Waals surface area contributed by atoms with Crippen LogP contribution in [0.15, 0.2) is 11.7 Å². The highest BCUT2D eigenvalue weighted by Gasteiger charge is 2.49. The van der Waals surface area contributed by atoms with E-state index in [2.05, 4.69) is 38.0 Å². The second-order valence-corrected chi connectivity index (χ2v) is 6.26. The van der Waals surface area contributed by atoms with E-state index in [1.54, 1.807) is 11.3 Å². The third-order valence-electron chi connectivity index (χ3n) is 3.87. The number of ether oxygens (including phenoxy) is 1. The van der Waals surface area contributed by atoms with Crippen LogP contribution in [0.3, 0.4) is 0 Å². The smallest absolute Gasteiger partial charge is 0.0794 e. The molecule has 0 bridgehead atoms. The predicted molar refractivity (Wildman–Crippen MR) is 71.3 cm³/mol. The first kappa shape index (κ1) is 13.0. The fourth-order valence-electron chi connectivity index (χ4n) is 2.48. The molecule has 0 saturated heterocycles. The van der Waals surface area contributed by atoms with Gasteiger partial charge in [0.05, 0.1) is 11.6 Å². The SMILES string of the molecule is CCOC1CC(NC(C)c2cncs2)C1(C)C. The summed E-state index contributed by atoms with van der Waals surface area (Å²) in [7, 11) is 0. The lowest BCUT2D eigenvalue weighted by molar-refractivity contribution is -0.116. The summed E-state index contributed by atoms with van der Waals surface area (Å²) in [6, 6.07) is 0.922. The lowest BCUT2D eigenvalue weighted by Gasteiger charge is -2.52. The lowest BCUT2D eigenvalue weighted by Crippen LogP contribution is -2.61. The average molecular weight is 254 g/mol. The molecule has 0 aliphatic heterocycles. The Morgan fingerprint density at radius 1 is 1.65 bits per heavy atom. The molecule has 1 saturated carbocycles. The molecule has 1 N–H and O–H groups in total. The Hall–Kier alpha value is -0.450. The Morgan fingerprint density at radius 2 is 2.41 bits per heavy atom. The van der Waals surface area contributed by atoms with Gasteiger partial charge >= 0.3 is 0 Å². The Balaban J connectivity index is 1.89. The molecule has 1 aromatic heterocycles. The minimum absolute atomic E-state index is 0.231. The topological polar surface area (TPSA) is 34.1 Å². The van der Waals surface area contributed by atoms with Crippen molar-refractivity contribution in [2.75, 3.05) is 6.61 Å². The van der Waals surface area contributed by atoms with E-state index < -0.39 is 0 Å². The molecule has 1 aliphatic carbocycles. The van der Waals surface area contributed by atoms with E-state index in [0.29, 0.717) is 18.2 Å². The van der Waals surface area contributed by atoms with Gasteiger partial charge in [0, 0.05) is 35.2 Å². The van der Waals surface area contributed by atoms with Gasteiger partial charge in [-0.3, -0.25) is 4.98 Å². The molecule has 96 valence electrons. The van der Waals surface area contributed by atoms with Gasteiger partial charge in [-0.2, -0.15) is 0 Å². The highest BCUT2D eigenvalue weighted by atomic mass is 32.1. The van der Waals surface area contributed by atoms with Crippen LogP contribution in [0.2, 0.25) is 0 Å². The Labute approximate surface area is 108 Å². The maximum Gasteiger partial charge on any atom is 0.0794 e. The minimum Gasteiger partial charge on any atom is -0.378 e. The quantitative estimate of drug-likeness (QED) is 0.877. The highest BCUT2D eigenvalue weighted by Crippen LogP contribution is 2.43. The van der Waals surface area contributed by atoms with Gasteiger partial charge in [-0.05, 0) is 20.3 Å². The van der Waals surface area contributed by atoms with Crippen LogP contribution in [-0.2, 0) is 4.74 Å². The van der Waals surface area contributed by atoms with Gasteiger partial charge in [0.2, 0.25) is 0 Å². The zero-order valence-electron chi connectivity index (χ0n) is 11.1. The number of nitrogens with one attached hydrogen (secondary N) is 1. The van der Waals surface area contributed by atoms with Crippen LogP contribution in [0.4, 0.5) is 0 Å². The monoisotopic (exact) mass is 254 g/mol. The molecule has 1 heterocycles. The maximum absolute atomic E-state index is 5.75. The number of rotatable bonds is 5. The van der Waals surface area contributed by atoms with Gasteiger partial charge in [-0.25, -0.2) is 0 Å². The Kier molecular flexibility index (Phi) is 3.85. The summed E-state index contributed by atoms with van der Waals surface area (Å²) in [6.07, 6.45) is 3.47. The first-order valence-electron chi connectivity index (χ1n) is 6.31. The molecular weight excluding hydrogens is 232 g/mol. The van der Waals surface area contributed by atoms with E-state index in [1.165, 1.54) is 4.88 Å². The molecule has 0 aromatic carbocycles. The number of hydrogen-bond donors (Lipinski definition) is 1. The molecule has 1 aromatic rings. The third-order valence-corrected chi connectivity index (χ3v) is 4.83. The predicted octanol–water partition coefficient (Wildman–Crippen LogP) is 3.00. The summed E-state index contributed by atoms with van der Waals surface area (Å²) in [5.41, 5.74) is 2.12. The first-order chi connectivity index (χ1) is 8.05. The van der Waals surface area contributed by atoms with Gasteiger partial charge in [0.1, 0.15) is 0 Å². The van der Waals surface area contributed by atoms with Crippen molar-refractivity contribution in [2.45, 2.75) is 52.3 Å². The van der Waals surface area contributed by atoms with Crippen LogP contribution in [0.25, 0.3) is 0 Å². The normalized spacial score (nSPS) is 28.7. The van der Waals surface area contributed by atoms with Crippen LogP contribution >= 0.6 is 11.3 Å². The van der Waals surface area contributed by atoms with E-state index in [-0.39, 0.29) is 5.41 Å². The minimum atomic E-state index is 0.231. The summed E-state index contributed by atoms with van der Waals surface area (Å²) < 4.78 is 5.75. The van der Waals surface area contributed by atoms with Crippen molar-refractivity contribution in [2.24, 2.45) is 5.41 Å². The molecule has 2 rings (SSSR count). The lowest BCUT2D eigenvalue weighted by atomic mass is 9.64. The van der Waals surface area contributed by atoms with Crippen molar-refractivity contribution in [1.82, 2.24) is 10.3 Å². The molecular formula is C13H22N2OS. The van der Waals surface area contributed by atoms with Gasteiger partial charge < -0.3 is 10.1 Å². The van der Waals surface area contributed by atoms with Crippen molar-refractivity contribution in [3.63, 3.8) is 0 Å². The van der Waals surface area contributed by atoms with Crippen molar-refractivity contribution in [3.05, 3.63) is 16.6 Å².